The van der Waals surface area contributed by atoms with Crippen LogP contribution in [0.4, 0.5) is 4.39 Å². The number of amides is 1. The monoisotopic (exact) mass is 375 g/mol. The zero-order valence-corrected chi connectivity index (χ0v) is 15.9. The highest BCUT2D eigenvalue weighted by atomic mass is 19.1. The van der Waals surface area contributed by atoms with Gasteiger partial charge in [0.05, 0.1) is 24.3 Å². The van der Waals surface area contributed by atoms with E-state index in [1.54, 1.807) is 18.3 Å². The van der Waals surface area contributed by atoms with Crippen molar-refractivity contribution in [3.05, 3.63) is 48.0 Å². The molecule has 1 amide bonds. The van der Waals surface area contributed by atoms with Crippen molar-refractivity contribution >= 4 is 5.91 Å². The first kappa shape index (κ1) is 19.4. The van der Waals surface area contributed by atoms with Crippen LogP contribution in [-0.4, -0.2) is 34.9 Å². The maximum absolute atomic E-state index is 13.2. The van der Waals surface area contributed by atoms with Gasteiger partial charge in [-0.1, -0.05) is 6.07 Å². The number of carbonyl (C=O) groups is 1. The van der Waals surface area contributed by atoms with Crippen LogP contribution >= 0.6 is 0 Å². The van der Waals surface area contributed by atoms with Gasteiger partial charge in [-0.2, -0.15) is 5.10 Å². The number of rotatable bonds is 7. The standard InChI is InChI=1S/C20H26FN3O3/c1-13(2)24-11-15(10-22-24)19-18(7-8-26-19)20(25)23-14(3)12-27-17-6-4-5-16(21)9-17/h4-6,9-11,13-14,18-19H,7-8,12H2,1-3H3,(H,23,25)/t14?,18-,19+/m1/s1. The lowest BCUT2D eigenvalue weighted by Crippen LogP contribution is -2.41. The maximum Gasteiger partial charge on any atom is 0.226 e. The molecule has 3 atom stereocenters. The minimum absolute atomic E-state index is 0.0647. The van der Waals surface area contributed by atoms with Crippen molar-refractivity contribution in [2.24, 2.45) is 5.92 Å². The number of benzene rings is 1. The second-order valence-electron chi connectivity index (χ2n) is 7.21. The van der Waals surface area contributed by atoms with Crippen LogP contribution < -0.4 is 10.1 Å². The lowest BCUT2D eigenvalue weighted by molar-refractivity contribution is -0.127. The number of carbonyl (C=O) groups excluding carboxylic acids is 1. The molecule has 6 nitrogen and oxygen atoms in total. The van der Waals surface area contributed by atoms with E-state index >= 15 is 0 Å². The molecule has 1 aromatic heterocycles. The number of nitrogens with zero attached hydrogens (tertiary/aromatic N) is 2. The van der Waals surface area contributed by atoms with E-state index in [1.165, 1.54) is 12.1 Å². The largest absolute Gasteiger partial charge is 0.491 e. The molecule has 2 heterocycles. The van der Waals surface area contributed by atoms with E-state index in [4.69, 9.17) is 9.47 Å². The molecule has 2 aromatic rings. The number of hydrogen-bond donors (Lipinski definition) is 1. The van der Waals surface area contributed by atoms with Crippen molar-refractivity contribution in [1.29, 1.82) is 0 Å². The molecular formula is C20H26FN3O3. The van der Waals surface area contributed by atoms with Crippen LogP contribution in [-0.2, 0) is 9.53 Å². The smallest absolute Gasteiger partial charge is 0.226 e. The third-order valence-corrected chi connectivity index (χ3v) is 4.59. The molecule has 7 heteroatoms. The molecule has 1 fully saturated rings. The average molecular weight is 375 g/mol. The number of hydrogen-bond acceptors (Lipinski definition) is 4. The van der Waals surface area contributed by atoms with Gasteiger partial charge in [-0.3, -0.25) is 9.48 Å². The van der Waals surface area contributed by atoms with Gasteiger partial charge in [0, 0.05) is 30.5 Å². The molecule has 0 spiro atoms. The molecule has 0 radical (unpaired) electrons. The number of nitrogens with one attached hydrogen (secondary N) is 1. The summed E-state index contributed by atoms with van der Waals surface area (Å²) < 4.78 is 26.4. The highest BCUT2D eigenvalue weighted by Gasteiger charge is 2.36. The molecule has 1 saturated heterocycles. The minimum atomic E-state index is -0.350. The molecule has 1 aliphatic heterocycles. The van der Waals surface area contributed by atoms with Crippen LogP contribution in [0.2, 0.25) is 0 Å². The summed E-state index contributed by atoms with van der Waals surface area (Å²) in [6.45, 7) is 6.77. The summed E-state index contributed by atoms with van der Waals surface area (Å²) in [6, 6.07) is 6.01. The zero-order valence-electron chi connectivity index (χ0n) is 15.9. The maximum atomic E-state index is 13.2. The van der Waals surface area contributed by atoms with E-state index in [9.17, 15) is 9.18 Å². The van der Waals surface area contributed by atoms with Crippen molar-refractivity contribution in [3.63, 3.8) is 0 Å². The van der Waals surface area contributed by atoms with Crippen molar-refractivity contribution in [3.8, 4) is 5.75 Å². The van der Waals surface area contributed by atoms with Gasteiger partial charge in [-0.15, -0.1) is 0 Å². The summed E-state index contributed by atoms with van der Waals surface area (Å²) >= 11 is 0. The second kappa shape index (κ2) is 8.52. The summed E-state index contributed by atoms with van der Waals surface area (Å²) in [5, 5.41) is 7.31. The molecule has 1 aliphatic rings. The molecule has 146 valence electrons. The van der Waals surface area contributed by atoms with Crippen molar-refractivity contribution in [1.82, 2.24) is 15.1 Å². The number of ether oxygens (including phenoxy) is 2. The van der Waals surface area contributed by atoms with Gasteiger partial charge < -0.3 is 14.8 Å². The summed E-state index contributed by atoms with van der Waals surface area (Å²) in [5.74, 6) is -0.229. The van der Waals surface area contributed by atoms with E-state index in [-0.39, 0.29) is 42.4 Å². The van der Waals surface area contributed by atoms with E-state index in [1.807, 2.05) is 17.8 Å². The first-order valence-corrected chi connectivity index (χ1v) is 9.28. The first-order valence-electron chi connectivity index (χ1n) is 9.28. The Kier molecular flexibility index (Phi) is 6.11. The first-order chi connectivity index (χ1) is 12.9. The van der Waals surface area contributed by atoms with Gasteiger partial charge >= 0.3 is 0 Å². The van der Waals surface area contributed by atoms with E-state index < -0.39 is 0 Å². The Morgan fingerprint density at radius 2 is 2.26 bits per heavy atom. The lowest BCUT2D eigenvalue weighted by atomic mass is 9.96. The molecule has 27 heavy (non-hydrogen) atoms. The van der Waals surface area contributed by atoms with Crippen molar-refractivity contribution in [2.75, 3.05) is 13.2 Å². The van der Waals surface area contributed by atoms with Gasteiger partial charge in [-0.05, 0) is 39.3 Å². The van der Waals surface area contributed by atoms with E-state index in [2.05, 4.69) is 24.3 Å². The predicted molar refractivity (Wildman–Crippen MR) is 98.9 cm³/mol. The lowest BCUT2D eigenvalue weighted by Gasteiger charge is -2.20. The van der Waals surface area contributed by atoms with Gasteiger partial charge in [-0.25, -0.2) is 4.39 Å². The predicted octanol–water partition coefficient (Wildman–Crippen LogP) is 3.26. The molecule has 1 N–H and O–H groups in total. The van der Waals surface area contributed by atoms with Gasteiger partial charge in [0.1, 0.15) is 18.2 Å². The summed E-state index contributed by atoms with van der Waals surface area (Å²) in [5.41, 5.74) is 0.921. The van der Waals surface area contributed by atoms with Crippen LogP contribution in [0.1, 0.15) is 44.9 Å². The molecule has 0 aliphatic carbocycles. The Morgan fingerprint density at radius 3 is 2.96 bits per heavy atom. The summed E-state index contributed by atoms with van der Waals surface area (Å²) in [4.78, 5) is 12.7. The zero-order chi connectivity index (χ0) is 19.4. The fourth-order valence-electron chi connectivity index (χ4n) is 3.14. The fraction of sp³-hybridized carbons (Fsp3) is 0.500. The topological polar surface area (TPSA) is 65.4 Å². The molecule has 0 saturated carbocycles. The number of halogens is 1. The Labute approximate surface area is 158 Å². The SMILES string of the molecule is CC(COc1cccc(F)c1)NC(=O)[C@@H]1CCO[C@H]1c1cnn(C(C)C)c1. The van der Waals surface area contributed by atoms with Gasteiger partial charge in [0.15, 0.2) is 0 Å². The quantitative estimate of drug-likeness (QED) is 0.807. The van der Waals surface area contributed by atoms with Crippen LogP contribution in [0.25, 0.3) is 0 Å². The molecule has 1 unspecified atom stereocenters. The molecular weight excluding hydrogens is 349 g/mol. The van der Waals surface area contributed by atoms with Crippen LogP contribution in [0.15, 0.2) is 36.7 Å². The third kappa shape index (κ3) is 4.86. The molecule has 1 aromatic carbocycles. The van der Waals surface area contributed by atoms with Crippen molar-refractivity contribution in [2.45, 2.75) is 45.4 Å². The van der Waals surface area contributed by atoms with Crippen molar-refractivity contribution < 1.29 is 18.7 Å². The minimum Gasteiger partial charge on any atom is -0.491 e. The highest BCUT2D eigenvalue weighted by molar-refractivity contribution is 5.80. The molecule has 3 rings (SSSR count). The van der Waals surface area contributed by atoms with Gasteiger partial charge in [0.2, 0.25) is 5.91 Å². The normalized spacial score (nSPS) is 20.6. The van der Waals surface area contributed by atoms with Gasteiger partial charge in [0.25, 0.3) is 0 Å². The Hall–Kier alpha value is -2.41. The van der Waals surface area contributed by atoms with Crippen LogP contribution in [0.5, 0.6) is 5.75 Å². The molecule has 0 bridgehead atoms. The Morgan fingerprint density at radius 1 is 1.44 bits per heavy atom. The fourth-order valence-corrected chi connectivity index (χ4v) is 3.14. The Bertz CT molecular complexity index is 777. The van der Waals surface area contributed by atoms with E-state index in [0.29, 0.717) is 18.8 Å². The highest BCUT2D eigenvalue weighted by Crippen LogP contribution is 2.34. The third-order valence-electron chi connectivity index (χ3n) is 4.59. The van der Waals surface area contributed by atoms with E-state index in [0.717, 1.165) is 5.56 Å². The number of aromatic nitrogens is 2. The van der Waals surface area contributed by atoms with Crippen LogP contribution in [0.3, 0.4) is 0 Å². The second-order valence-corrected chi connectivity index (χ2v) is 7.21. The van der Waals surface area contributed by atoms with Crippen LogP contribution in [0, 0.1) is 11.7 Å². The Balaban J connectivity index is 1.55. The summed E-state index contributed by atoms with van der Waals surface area (Å²) in [7, 11) is 0. The summed E-state index contributed by atoms with van der Waals surface area (Å²) in [6.07, 6.45) is 4.10. The average Bonchev–Trinajstić information content (AvgIpc) is 3.29.